The Labute approximate surface area is 171 Å². The molecule has 150 valence electrons. The highest BCUT2D eigenvalue weighted by Crippen LogP contribution is 2.39. The maximum Gasteiger partial charge on any atom is 0.287 e. The average Bonchev–Trinajstić information content (AvgIpc) is 3.06. The van der Waals surface area contributed by atoms with Crippen molar-refractivity contribution in [3.63, 3.8) is 0 Å². The van der Waals surface area contributed by atoms with Crippen molar-refractivity contribution in [1.29, 1.82) is 0 Å². The molecular weight excluding hydrogens is 384 g/mol. The molecule has 4 nitrogen and oxygen atoms in total. The number of pyridine rings is 1. The van der Waals surface area contributed by atoms with Crippen molar-refractivity contribution in [2.45, 2.75) is 26.7 Å². The van der Waals surface area contributed by atoms with Crippen molar-refractivity contribution in [1.82, 2.24) is 9.97 Å². The maximum atomic E-state index is 14.5. The van der Waals surface area contributed by atoms with E-state index in [2.05, 4.69) is 42.0 Å². The van der Waals surface area contributed by atoms with Gasteiger partial charge in [-0.3, -0.25) is 0 Å². The fraction of sp³-hybridized carbons (Fsp3) is 0.208. The van der Waals surface area contributed by atoms with Gasteiger partial charge >= 0.3 is 0 Å². The topological polar surface area (TPSA) is 42.8 Å². The Hall–Kier alpha value is -3.41. The first-order valence-electron chi connectivity index (χ1n) is 9.81. The molecule has 0 spiro atoms. The minimum atomic E-state index is -0.904. The van der Waals surface area contributed by atoms with Gasteiger partial charge in [0.15, 0.2) is 5.52 Å². The summed E-state index contributed by atoms with van der Waals surface area (Å²) in [6, 6.07) is 10.8. The van der Waals surface area contributed by atoms with Crippen LogP contribution in [0.4, 0.5) is 8.78 Å². The zero-order chi connectivity index (χ0) is 21.2. The monoisotopic (exact) mass is 404 g/mol. The summed E-state index contributed by atoms with van der Waals surface area (Å²) in [6.45, 7) is 6.26. The summed E-state index contributed by atoms with van der Waals surface area (Å²) in [6.07, 6.45) is 1.77. The molecule has 6 heteroatoms. The Kier molecular flexibility index (Phi) is 4.07. The standard InChI is InChI=1S/C24H20F2N3O/c1-12(2)14-6-8-15-18(9-14)27-11-29(4)22(15)20-13(3)5-7-16-21-17(25)10-19(26)28-24(21)30-23(16)20/h5-12H,1-4H3/q+1. The van der Waals surface area contributed by atoms with E-state index in [1.54, 1.807) is 12.4 Å². The highest BCUT2D eigenvalue weighted by molar-refractivity contribution is 6.11. The highest BCUT2D eigenvalue weighted by Gasteiger charge is 2.24. The fourth-order valence-corrected chi connectivity index (χ4v) is 4.08. The van der Waals surface area contributed by atoms with Gasteiger partial charge in [-0.25, -0.2) is 8.96 Å². The van der Waals surface area contributed by atoms with Gasteiger partial charge in [-0.15, -0.1) is 0 Å². The number of benzene rings is 2. The van der Waals surface area contributed by atoms with Crippen LogP contribution in [0.1, 0.15) is 30.9 Å². The van der Waals surface area contributed by atoms with Crippen molar-refractivity contribution < 1.29 is 17.8 Å². The molecule has 3 heterocycles. The molecule has 0 amide bonds. The second-order valence-electron chi connectivity index (χ2n) is 7.98. The third-order valence-electron chi connectivity index (χ3n) is 5.64. The lowest BCUT2D eigenvalue weighted by molar-refractivity contribution is -0.662. The van der Waals surface area contributed by atoms with Gasteiger partial charge in [0.25, 0.3) is 6.33 Å². The van der Waals surface area contributed by atoms with Crippen LogP contribution in [0.2, 0.25) is 0 Å². The van der Waals surface area contributed by atoms with Crippen LogP contribution in [0.25, 0.3) is 44.2 Å². The molecule has 0 aliphatic heterocycles. The van der Waals surface area contributed by atoms with E-state index in [1.807, 2.05) is 24.6 Å². The smallest absolute Gasteiger partial charge is 0.287 e. The third kappa shape index (κ3) is 2.67. The lowest BCUT2D eigenvalue weighted by atomic mass is 9.96. The van der Waals surface area contributed by atoms with Crippen molar-refractivity contribution in [3.05, 3.63) is 65.6 Å². The number of hydrogen-bond acceptors (Lipinski definition) is 3. The van der Waals surface area contributed by atoms with Crippen LogP contribution in [0.3, 0.4) is 0 Å². The largest absolute Gasteiger partial charge is 0.437 e. The molecule has 2 aromatic carbocycles. The molecular formula is C24H20F2N3O+. The van der Waals surface area contributed by atoms with E-state index in [-0.39, 0.29) is 11.1 Å². The number of hydrogen-bond donors (Lipinski definition) is 0. The Balaban J connectivity index is 1.92. The van der Waals surface area contributed by atoms with Crippen molar-refractivity contribution in [2.75, 3.05) is 0 Å². The minimum absolute atomic E-state index is 0.0440. The van der Waals surface area contributed by atoms with Gasteiger partial charge in [0, 0.05) is 11.5 Å². The number of furan rings is 1. The molecule has 0 unspecified atom stereocenters. The molecule has 0 aliphatic rings. The Bertz CT molecular complexity index is 1470. The third-order valence-corrected chi connectivity index (χ3v) is 5.64. The van der Waals surface area contributed by atoms with Crippen LogP contribution in [-0.2, 0) is 7.05 Å². The molecule has 0 saturated heterocycles. The number of aromatic nitrogens is 3. The summed E-state index contributed by atoms with van der Waals surface area (Å²) >= 11 is 0. The molecule has 5 aromatic rings. The quantitative estimate of drug-likeness (QED) is 0.279. The summed E-state index contributed by atoms with van der Waals surface area (Å²) in [5, 5.41) is 1.72. The van der Waals surface area contributed by atoms with Crippen LogP contribution in [-0.4, -0.2) is 9.97 Å². The van der Waals surface area contributed by atoms with E-state index in [0.29, 0.717) is 16.9 Å². The van der Waals surface area contributed by atoms with Crippen LogP contribution < -0.4 is 4.57 Å². The van der Waals surface area contributed by atoms with E-state index in [4.69, 9.17) is 4.42 Å². The zero-order valence-electron chi connectivity index (χ0n) is 17.1. The summed E-state index contributed by atoms with van der Waals surface area (Å²) in [4.78, 5) is 8.36. The van der Waals surface area contributed by atoms with E-state index < -0.39 is 11.8 Å². The normalized spacial score (nSPS) is 12.0. The molecule has 0 radical (unpaired) electrons. The Morgan fingerprint density at radius 3 is 2.57 bits per heavy atom. The van der Waals surface area contributed by atoms with Crippen molar-refractivity contribution >= 4 is 33.0 Å². The van der Waals surface area contributed by atoms with Crippen molar-refractivity contribution in [2.24, 2.45) is 7.05 Å². The van der Waals surface area contributed by atoms with Gasteiger partial charge in [-0.05, 0) is 41.1 Å². The summed E-state index contributed by atoms with van der Waals surface area (Å²) < 4.78 is 36.1. The predicted molar refractivity (Wildman–Crippen MR) is 112 cm³/mol. The number of nitrogens with zero attached hydrogens (tertiary/aromatic N) is 3. The van der Waals surface area contributed by atoms with Gasteiger partial charge in [0.1, 0.15) is 17.1 Å². The van der Waals surface area contributed by atoms with Gasteiger partial charge in [0.2, 0.25) is 11.7 Å². The fourth-order valence-electron chi connectivity index (χ4n) is 4.08. The van der Waals surface area contributed by atoms with E-state index in [9.17, 15) is 8.78 Å². The van der Waals surface area contributed by atoms with Gasteiger partial charge in [-0.2, -0.15) is 9.37 Å². The second-order valence-corrected chi connectivity index (χ2v) is 7.98. The average molecular weight is 404 g/mol. The van der Waals surface area contributed by atoms with Crippen LogP contribution in [0, 0.1) is 18.7 Å². The first kappa shape index (κ1) is 18.6. The maximum absolute atomic E-state index is 14.5. The van der Waals surface area contributed by atoms with Gasteiger partial charge in [0.05, 0.1) is 23.4 Å². The first-order chi connectivity index (χ1) is 14.3. The molecule has 0 saturated carbocycles. The van der Waals surface area contributed by atoms with Crippen LogP contribution >= 0.6 is 0 Å². The first-order valence-corrected chi connectivity index (χ1v) is 9.81. The van der Waals surface area contributed by atoms with E-state index in [1.165, 1.54) is 5.56 Å². The summed E-state index contributed by atoms with van der Waals surface area (Å²) in [7, 11) is 1.91. The highest BCUT2D eigenvalue weighted by atomic mass is 19.1. The summed E-state index contributed by atoms with van der Waals surface area (Å²) in [5.74, 6) is -1.20. The number of aryl methyl sites for hydroxylation is 2. The summed E-state index contributed by atoms with van der Waals surface area (Å²) in [5.41, 5.74) is 5.19. The molecule has 0 aliphatic carbocycles. The second kappa shape index (κ2) is 6.55. The molecule has 0 N–H and O–H groups in total. The molecule has 0 atom stereocenters. The molecule has 30 heavy (non-hydrogen) atoms. The van der Waals surface area contributed by atoms with Crippen LogP contribution in [0.15, 0.2) is 47.1 Å². The Morgan fingerprint density at radius 2 is 1.80 bits per heavy atom. The number of rotatable bonds is 2. The molecule has 0 bridgehead atoms. The SMILES string of the molecule is Cc1ccc2c(oc3nc(F)cc(F)c32)c1-c1c2ccc(C(C)C)cc2nc[n+]1C. The minimum Gasteiger partial charge on any atom is -0.437 e. The molecule has 5 rings (SSSR count). The van der Waals surface area contributed by atoms with Crippen molar-refractivity contribution in [3.8, 4) is 11.3 Å². The molecule has 3 aromatic heterocycles. The predicted octanol–water partition coefficient (Wildman–Crippen LogP) is 5.73. The van der Waals surface area contributed by atoms with E-state index >= 15 is 0 Å². The Morgan fingerprint density at radius 1 is 1.03 bits per heavy atom. The zero-order valence-corrected chi connectivity index (χ0v) is 17.1. The lowest BCUT2D eigenvalue weighted by Gasteiger charge is -2.11. The van der Waals surface area contributed by atoms with Gasteiger partial charge in [-0.1, -0.05) is 32.0 Å². The number of halogens is 2. The lowest BCUT2D eigenvalue weighted by Crippen LogP contribution is -2.32. The van der Waals surface area contributed by atoms with Crippen LogP contribution in [0.5, 0.6) is 0 Å². The van der Waals surface area contributed by atoms with E-state index in [0.717, 1.165) is 33.8 Å². The number of fused-ring (bicyclic) bond motifs is 4. The van der Waals surface area contributed by atoms with Gasteiger partial charge < -0.3 is 4.42 Å². The molecule has 0 fully saturated rings.